The van der Waals surface area contributed by atoms with Crippen LogP contribution in [-0.2, 0) is 18.0 Å². The van der Waals surface area contributed by atoms with Gasteiger partial charge in [0.05, 0.1) is 17.3 Å². The molecular formula is C36H38F6N4O. The molecule has 2 heterocycles. The van der Waals surface area contributed by atoms with Crippen molar-refractivity contribution in [2.24, 2.45) is 0 Å². The van der Waals surface area contributed by atoms with Crippen molar-refractivity contribution >= 4 is 0 Å². The quantitative estimate of drug-likeness (QED) is 0.130. The van der Waals surface area contributed by atoms with Gasteiger partial charge in [0.25, 0.3) is 0 Å². The summed E-state index contributed by atoms with van der Waals surface area (Å²) in [6.07, 6.45) is -8.71. The van der Waals surface area contributed by atoms with E-state index in [-0.39, 0.29) is 23.8 Å². The lowest BCUT2D eigenvalue weighted by Crippen LogP contribution is -2.48. The zero-order valence-corrected chi connectivity index (χ0v) is 26.0. The number of alkyl halides is 6. The molecule has 2 N–H and O–H groups in total. The van der Waals surface area contributed by atoms with Gasteiger partial charge < -0.3 is 15.3 Å². The fourth-order valence-corrected chi connectivity index (χ4v) is 6.09. The van der Waals surface area contributed by atoms with Gasteiger partial charge in [0, 0.05) is 43.9 Å². The number of hydrogen-bond acceptors (Lipinski definition) is 5. The summed E-state index contributed by atoms with van der Waals surface area (Å²) in [5.41, 5.74) is -2.03. The van der Waals surface area contributed by atoms with E-state index in [4.69, 9.17) is 0 Å². The Morgan fingerprint density at radius 2 is 1.32 bits per heavy atom. The molecule has 3 aromatic carbocycles. The lowest BCUT2D eigenvalue weighted by molar-refractivity contribution is -0.144. The molecule has 1 aliphatic rings. The van der Waals surface area contributed by atoms with E-state index in [1.807, 2.05) is 12.1 Å². The van der Waals surface area contributed by atoms with Gasteiger partial charge in [0.1, 0.15) is 5.60 Å². The second kappa shape index (κ2) is 14.6. The summed E-state index contributed by atoms with van der Waals surface area (Å²) in [5, 5.41) is 14.2. The van der Waals surface area contributed by atoms with Gasteiger partial charge in [0.2, 0.25) is 0 Å². The maximum atomic E-state index is 14.1. The Morgan fingerprint density at radius 1 is 0.745 bits per heavy atom. The number of pyridine rings is 1. The SMILES string of the molecule is CC(O)(CNCCCN1CCN(C(c2ccccc2)c2ccccc2)CC1)c1ccc(-c2ccc(C(F)(F)F)cc2)nc1C(F)(F)F. The molecule has 5 nitrogen and oxygen atoms in total. The number of nitrogens with one attached hydrogen (secondary N) is 1. The number of nitrogens with zero attached hydrogens (tertiary/aromatic N) is 3. The first-order chi connectivity index (χ1) is 22.3. The Morgan fingerprint density at radius 3 is 1.85 bits per heavy atom. The van der Waals surface area contributed by atoms with Crippen LogP contribution in [0.1, 0.15) is 47.3 Å². The standard InChI is InChI=1S/C36H38F6N4O/c1-34(47,30-17-18-31(44-33(30)36(40,41)42)26-13-15-29(16-14-26)35(37,38)39)25-43-19-8-20-45-21-23-46(24-22-45)32(27-9-4-2-5-10-27)28-11-6-3-7-12-28/h2-7,9-18,32,43,47H,8,19-25H2,1H3. The molecule has 1 unspecified atom stereocenters. The van der Waals surface area contributed by atoms with Crippen LogP contribution in [0.25, 0.3) is 11.3 Å². The Balaban J connectivity index is 1.14. The predicted octanol–water partition coefficient (Wildman–Crippen LogP) is 7.38. The van der Waals surface area contributed by atoms with Crippen molar-refractivity contribution in [3.05, 3.63) is 125 Å². The minimum absolute atomic E-state index is 0.101. The van der Waals surface area contributed by atoms with Crippen LogP contribution < -0.4 is 5.32 Å². The molecule has 47 heavy (non-hydrogen) atoms. The first-order valence-corrected chi connectivity index (χ1v) is 15.6. The van der Waals surface area contributed by atoms with Crippen molar-refractivity contribution in [3.63, 3.8) is 0 Å². The number of aliphatic hydroxyl groups is 1. The molecule has 0 saturated carbocycles. The monoisotopic (exact) mass is 656 g/mol. The third kappa shape index (κ3) is 8.78. The summed E-state index contributed by atoms with van der Waals surface area (Å²) in [6.45, 7) is 6.02. The second-order valence-corrected chi connectivity index (χ2v) is 12.1. The highest BCUT2D eigenvalue weighted by atomic mass is 19.4. The largest absolute Gasteiger partial charge is 0.433 e. The third-order valence-electron chi connectivity index (χ3n) is 8.55. The minimum atomic E-state index is -4.89. The zero-order chi connectivity index (χ0) is 33.7. The number of hydrogen-bond donors (Lipinski definition) is 2. The first kappa shape index (κ1) is 34.6. The molecule has 0 spiro atoms. The summed E-state index contributed by atoms with van der Waals surface area (Å²) in [6, 6.07) is 27.3. The van der Waals surface area contributed by atoms with E-state index < -0.39 is 34.8 Å². The minimum Gasteiger partial charge on any atom is -0.384 e. The number of rotatable bonds is 11. The molecule has 250 valence electrons. The number of halogens is 6. The van der Waals surface area contributed by atoms with Crippen LogP contribution >= 0.6 is 0 Å². The smallest absolute Gasteiger partial charge is 0.384 e. The molecule has 1 atom stereocenters. The van der Waals surface area contributed by atoms with Crippen LogP contribution in [0.3, 0.4) is 0 Å². The third-order valence-corrected chi connectivity index (χ3v) is 8.55. The first-order valence-electron chi connectivity index (χ1n) is 15.6. The van der Waals surface area contributed by atoms with Gasteiger partial charge in [-0.3, -0.25) is 4.90 Å². The zero-order valence-electron chi connectivity index (χ0n) is 26.0. The maximum absolute atomic E-state index is 14.1. The van der Waals surface area contributed by atoms with E-state index in [1.165, 1.54) is 24.1 Å². The maximum Gasteiger partial charge on any atom is 0.433 e. The predicted molar refractivity (Wildman–Crippen MR) is 169 cm³/mol. The molecule has 1 saturated heterocycles. The summed E-state index contributed by atoms with van der Waals surface area (Å²) in [5.74, 6) is 0. The van der Waals surface area contributed by atoms with E-state index in [2.05, 4.69) is 68.6 Å². The Hall–Kier alpha value is -3.77. The number of benzene rings is 3. The molecule has 0 amide bonds. The fourth-order valence-electron chi connectivity index (χ4n) is 6.09. The van der Waals surface area contributed by atoms with Crippen LogP contribution in [-0.4, -0.2) is 65.7 Å². The van der Waals surface area contributed by atoms with E-state index in [0.717, 1.165) is 69.5 Å². The van der Waals surface area contributed by atoms with Crippen LogP contribution in [0.2, 0.25) is 0 Å². The molecule has 5 rings (SSSR count). The lowest BCUT2D eigenvalue weighted by Gasteiger charge is -2.40. The van der Waals surface area contributed by atoms with Gasteiger partial charge in [-0.25, -0.2) is 4.98 Å². The van der Waals surface area contributed by atoms with Crippen molar-refractivity contribution < 1.29 is 31.4 Å². The average Bonchev–Trinajstić information content (AvgIpc) is 3.05. The summed E-state index contributed by atoms with van der Waals surface area (Å²) < 4.78 is 80.9. The van der Waals surface area contributed by atoms with Gasteiger partial charge in [-0.1, -0.05) is 78.9 Å². The lowest BCUT2D eigenvalue weighted by atomic mass is 9.93. The highest BCUT2D eigenvalue weighted by Gasteiger charge is 2.41. The van der Waals surface area contributed by atoms with Crippen molar-refractivity contribution in [1.82, 2.24) is 20.1 Å². The van der Waals surface area contributed by atoms with E-state index >= 15 is 0 Å². The molecule has 1 fully saturated rings. The van der Waals surface area contributed by atoms with Gasteiger partial charge in [-0.05, 0) is 55.8 Å². The molecular weight excluding hydrogens is 618 g/mol. The Kier molecular flexibility index (Phi) is 10.7. The second-order valence-electron chi connectivity index (χ2n) is 12.1. The highest BCUT2D eigenvalue weighted by molar-refractivity contribution is 5.60. The molecule has 0 bridgehead atoms. The molecule has 11 heteroatoms. The topological polar surface area (TPSA) is 51.6 Å². The van der Waals surface area contributed by atoms with Crippen LogP contribution in [0.4, 0.5) is 26.3 Å². The Bertz CT molecular complexity index is 1530. The summed E-state index contributed by atoms with van der Waals surface area (Å²) >= 11 is 0. The number of aromatic nitrogens is 1. The van der Waals surface area contributed by atoms with Crippen molar-refractivity contribution in [2.45, 2.75) is 37.3 Å². The average molecular weight is 657 g/mol. The van der Waals surface area contributed by atoms with Gasteiger partial charge in [-0.15, -0.1) is 0 Å². The van der Waals surface area contributed by atoms with Gasteiger partial charge in [0.15, 0.2) is 5.69 Å². The Labute approximate surface area is 270 Å². The normalized spacial score (nSPS) is 16.4. The van der Waals surface area contributed by atoms with Gasteiger partial charge in [-0.2, -0.15) is 26.3 Å². The van der Waals surface area contributed by atoms with Gasteiger partial charge >= 0.3 is 12.4 Å². The van der Waals surface area contributed by atoms with E-state index in [9.17, 15) is 31.4 Å². The van der Waals surface area contributed by atoms with Crippen LogP contribution in [0, 0.1) is 0 Å². The van der Waals surface area contributed by atoms with Crippen molar-refractivity contribution in [2.75, 3.05) is 45.8 Å². The van der Waals surface area contributed by atoms with Crippen LogP contribution in [0.15, 0.2) is 97.1 Å². The molecule has 4 aromatic rings. The number of piperazine rings is 1. The fraction of sp³-hybridized carbons (Fsp3) is 0.361. The molecule has 0 radical (unpaired) electrons. The molecule has 0 aliphatic carbocycles. The molecule has 1 aromatic heterocycles. The van der Waals surface area contributed by atoms with Crippen LogP contribution in [0.5, 0.6) is 0 Å². The summed E-state index contributed by atoms with van der Waals surface area (Å²) in [4.78, 5) is 8.59. The van der Waals surface area contributed by atoms with Crippen molar-refractivity contribution in [3.8, 4) is 11.3 Å². The van der Waals surface area contributed by atoms with Crippen molar-refractivity contribution in [1.29, 1.82) is 0 Å². The summed E-state index contributed by atoms with van der Waals surface area (Å²) in [7, 11) is 0. The van der Waals surface area contributed by atoms with E-state index in [1.54, 1.807) is 0 Å². The highest BCUT2D eigenvalue weighted by Crippen LogP contribution is 2.38. The van der Waals surface area contributed by atoms with E-state index in [0.29, 0.717) is 6.54 Å². The molecule has 1 aliphatic heterocycles.